The molecule has 2 rings (SSSR count). The summed E-state index contributed by atoms with van der Waals surface area (Å²) >= 11 is 0. The molecule has 0 atom stereocenters. The van der Waals surface area contributed by atoms with E-state index in [9.17, 15) is 4.91 Å². The minimum Gasteiger partial charge on any atom is -0.240 e. The summed E-state index contributed by atoms with van der Waals surface area (Å²) in [6.45, 7) is 0. The van der Waals surface area contributed by atoms with Crippen molar-refractivity contribution < 1.29 is 0 Å². The molecule has 1 heterocycles. The molecule has 0 aliphatic heterocycles. The summed E-state index contributed by atoms with van der Waals surface area (Å²) < 4.78 is 0. The Labute approximate surface area is 66.9 Å². The number of benzene rings is 1. The molecule has 0 amide bonds. The molecule has 0 fully saturated rings. The minimum absolute atomic E-state index is 0.552. The van der Waals surface area contributed by atoms with Crippen molar-refractivity contribution in [2.24, 2.45) is 5.29 Å². The summed E-state index contributed by atoms with van der Waals surface area (Å²) in [6.07, 6.45) is 0. The molecule has 0 radical (unpaired) electrons. The van der Waals surface area contributed by atoms with E-state index >= 15 is 0 Å². The molecule has 1 aromatic heterocycles. The van der Waals surface area contributed by atoms with Crippen LogP contribution in [0.3, 0.4) is 0 Å². The van der Waals surface area contributed by atoms with E-state index in [4.69, 9.17) is 0 Å². The fraction of sp³-hybridized carbons (Fsp3) is 0. The standard InChI is InChI=1S/C6H5N5O/c12-11-8-5-3-1-2-4-6(5)9-10-7-4/h1-3H,(H,8,12)(H,7,9,10). The van der Waals surface area contributed by atoms with Gasteiger partial charge < -0.3 is 0 Å². The first-order valence-corrected chi connectivity index (χ1v) is 3.29. The number of rotatable bonds is 2. The number of H-pyrrole nitrogens is 1. The van der Waals surface area contributed by atoms with Crippen LogP contribution >= 0.6 is 0 Å². The second-order valence-electron chi connectivity index (χ2n) is 2.20. The van der Waals surface area contributed by atoms with E-state index in [1.165, 1.54) is 0 Å². The Hall–Kier alpha value is -1.98. The molecular formula is C6H5N5O. The summed E-state index contributed by atoms with van der Waals surface area (Å²) in [7, 11) is 0. The number of hydrogen-bond donors (Lipinski definition) is 2. The van der Waals surface area contributed by atoms with Crippen LogP contribution in [0.2, 0.25) is 0 Å². The number of hydrogen-bond acceptors (Lipinski definition) is 4. The molecule has 0 saturated carbocycles. The molecule has 0 aliphatic rings. The average molecular weight is 163 g/mol. The Balaban J connectivity index is 2.65. The molecule has 6 nitrogen and oxygen atoms in total. The van der Waals surface area contributed by atoms with Gasteiger partial charge in [0.1, 0.15) is 11.0 Å². The van der Waals surface area contributed by atoms with E-state index in [2.05, 4.69) is 26.1 Å². The molecule has 2 aromatic rings. The highest BCUT2D eigenvalue weighted by atomic mass is 16.3. The number of nitrogens with zero attached hydrogens (tertiary/aromatic N) is 3. The van der Waals surface area contributed by atoms with Crippen molar-refractivity contribution in [3.8, 4) is 0 Å². The number of aromatic amines is 1. The van der Waals surface area contributed by atoms with E-state index < -0.39 is 0 Å². The van der Waals surface area contributed by atoms with Gasteiger partial charge in [-0.25, -0.2) is 5.43 Å². The van der Waals surface area contributed by atoms with Crippen LogP contribution in [0.1, 0.15) is 0 Å². The lowest BCUT2D eigenvalue weighted by atomic mass is 10.3. The van der Waals surface area contributed by atoms with Crippen LogP contribution in [-0.4, -0.2) is 15.4 Å². The number of nitroso groups, excluding NO2 is 1. The first-order chi connectivity index (χ1) is 5.92. The van der Waals surface area contributed by atoms with Gasteiger partial charge in [-0.1, -0.05) is 6.07 Å². The third-order valence-corrected chi connectivity index (χ3v) is 1.51. The van der Waals surface area contributed by atoms with Gasteiger partial charge >= 0.3 is 0 Å². The molecule has 1 aromatic carbocycles. The quantitative estimate of drug-likeness (QED) is 0.512. The SMILES string of the molecule is O=NNc1cccc2n[nH]nc12. The Kier molecular flexibility index (Phi) is 1.44. The monoisotopic (exact) mass is 163 g/mol. The van der Waals surface area contributed by atoms with Crippen molar-refractivity contribution in [1.29, 1.82) is 0 Å². The number of para-hydroxylation sites is 1. The van der Waals surface area contributed by atoms with Gasteiger partial charge in [-0.05, 0) is 12.1 Å². The van der Waals surface area contributed by atoms with Crippen LogP contribution in [-0.2, 0) is 0 Å². The zero-order valence-corrected chi connectivity index (χ0v) is 5.98. The second kappa shape index (κ2) is 2.57. The highest BCUT2D eigenvalue weighted by Crippen LogP contribution is 2.18. The van der Waals surface area contributed by atoms with Gasteiger partial charge in [-0.15, -0.1) is 4.91 Å². The van der Waals surface area contributed by atoms with Gasteiger partial charge in [0.25, 0.3) is 0 Å². The van der Waals surface area contributed by atoms with Gasteiger partial charge in [-0.3, -0.25) is 0 Å². The topological polar surface area (TPSA) is 83.0 Å². The lowest BCUT2D eigenvalue weighted by molar-refractivity contribution is 0.959. The molecule has 0 aliphatic carbocycles. The minimum atomic E-state index is 0.552. The van der Waals surface area contributed by atoms with E-state index in [0.29, 0.717) is 16.7 Å². The average Bonchev–Trinajstić information content (AvgIpc) is 2.53. The number of anilines is 1. The molecule has 0 bridgehead atoms. The summed E-state index contributed by atoms with van der Waals surface area (Å²) in [5, 5.41) is 12.7. The zero-order chi connectivity index (χ0) is 8.39. The third kappa shape index (κ3) is 0.895. The predicted octanol–water partition coefficient (Wildman–Crippen LogP) is 1.05. The molecule has 60 valence electrons. The van der Waals surface area contributed by atoms with Crippen LogP contribution in [0.25, 0.3) is 11.0 Å². The summed E-state index contributed by atoms with van der Waals surface area (Å²) in [6, 6.07) is 5.25. The number of aromatic nitrogens is 3. The molecule has 6 heteroatoms. The van der Waals surface area contributed by atoms with Crippen LogP contribution < -0.4 is 5.43 Å². The molecule has 12 heavy (non-hydrogen) atoms. The predicted molar refractivity (Wildman–Crippen MR) is 43.3 cm³/mol. The van der Waals surface area contributed by atoms with Crippen molar-refractivity contribution in [2.75, 3.05) is 5.43 Å². The Morgan fingerprint density at radius 3 is 3.17 bits per heavy atom. The van der Waals surface area contributed by atoms with Crippen LogP contribution in [0, 0.1) is 4.91 Å². The maximum absolute atomic E-state index is 9.92. The van der Waals surface area contributed by atoms with Crippen molar-refractivity contribution >= 4 is 16.7 Å². The van der Waals surface area contributed by atoms with Crippen molar-refractivity contribution in [3.63, 3.8) is 0 Å². The van der Waals surface area contributed by atoms with Gasteiger partial charge in [0.15, 0.2) is 0 Å². The van der Waals surface area contributed by atoms with Crippen LogP contribution in [0.4, 0.5) is 5.69 Å². The van der Waals surface area contributed by atoms with Gasteiger partial charge in [0.2, 0.25) is 0 Å². The first kappa shape index (κ1) is 6.71. The molecular weight excluding hydrogens is 158 g/mol. The lowest BCUT2D eigenvalue weighted by Gasteiger charge is -1.94. The fourth-order valence-electron chi connectivity index (χ4n) is 1.01. The van der Waals surface area contributed by atoms with E-state index in [1.54, 1.807) is 18.2 Å². The normalized spacial score (nSPS) is 10.0. The molecule has 0 saturated heterocycles. The smallest absolute Gasteiger partial charge is 0.138 e. The Morgan fingerprint density at radius 2 is 2.33 bits per heavy atom. The van der Waals surface area contributed by atoms with Crippen molar-refractivity contribution in [3.05, 3.63) is 23.1 Å². The van der Waals surface area contributed by atoms with Crippen molar-refractivity contribution in [2.45, 2.75) is 0 Å². The number of nitrogens with one attached hydrogen (secondary N) is 2. The van der Waals surface area contributed by atoms with Crippen LogP contribution in [0.15, 0.2) is 23.5 Å². The van der Waals surface area contributed by atoms with Crippen molar-refractivity contribution in [1.82, 2.24) is 15.4 Å². The van der Waals surface area contributed by atoms with Crippen LogP contribution in [0.5, 0.6) is 0 Å². The Bertz CT molecular complexity index is 409. The van der Waals surface area contributed by atoms with E-state index in [0.717, 1.165) is 0 Å². The summed E-state index contributed by atoms with van der Waals surface area (Å²) in [5.74, 6) is 0. The first-order valence-electron chi connectivity index (χ1n) is 3.29. The van der Waals surface area contributed by atoms with E-state index in [1.807, 2.05) is 0 Å². The highest BCUT2D eigenvalue weighted by Gasteiger charge is 2.02. The largest absolute Gasteiger partial charge is 0.240 e. The summed E-state index contributed by atoms with van der Waals surface area (Å²) in [4.78, 5) is 9.92. The maximum atomic E-state index is 9.92. The highest BCUT2D eigenvalue weighted by molar-refractivity contribution is 5.86. The second-order valence-corrected chi connectivity index (χ2v) is 2.20. The fourth-order valence-corrected chi connectivity index (χ4v) is 1.01. The van der Waals surface area contributed by atoms with E-state index in [-0.39, 0.29) is 0 Å². The number of fused-ring (bicyclic) bond motifs is 1. The zero-order valence-electron chi connectivity index (χ0n) is 5.98. The maximum Gasteiger partial charge on any atom is 0.138 e. The van der Waals surface area contributed by atoms with Gasteiger partial charge in [-0.2, -0.15) is 15.4 Å². The van der Waals surface area contributed by atoms with Gasteiger partial charge in [0, 0.05) is 0 Å². The summed E-state index contributed by atoms with van der Waals surface area (Å²) in [5.41, 5.74) is 4.14. The van der Waals surface area contributed by atoms with Gasteiger partial charge in [0.05, 0.1) is 11.0 Å². The molecule has 0 spiro atoms. The lowest BCUT2D eigenvalue weighted by Crippen LogP contribution is -1.86. The Morgan fingerprint density at radius 1 is 1.42 bits per heavy atom. The molecule has 2 N–H and O–H groups in total. The molecule has 0 unspecified atom stereocenters. The third-order valence-electron chi connectivity index (χ3n) is 1.51.